The molecule has 1 fully saturated rings. The van der Waals surface area contributed by atoms with Crippen LogP contribution in [0.25, 0.3) is 11.1 Å². The third kappa shape index (κ3) is 5.84. The van der Waals surface area contributed by atoms with Crippen molar-refractivity contribution in [2.45, 2.75) is 44.9 Å². The van der Waals surface area contributed by atoms with Crippen molar-refractivity contribution in [3.63, 3.8) is 0 Å². The second-order valence-electron chi connectivity index (χ2n) is 8.38. The number of hydrogen-bond donors (Lipinski definition) is 2. The molecule has 2 aromatic carbocycles. The molecule has 0 aliphatic heterocycles. The van der Waals surface area contributed by atoms with Gasteiger partial charge >= 0.3 is 0 Å². The Morgan fingerprint density at radius 1 is 0.970 bits per heavy atom. The fourth-order valence-corrected chi connectivity index (χ4v) is 4.23. The lowest BCUT2D eigenvalue weighted by atomic mass is 9.99. The molecule has 0 spiro atoms. The Kier molecular flexibility index (Phi) is 7.47. The lowest BCUT2D eigenvalue weighted by molar-refractivity contribution is 0.0934. The van der Waals surface area contributed by atoms with Crippen molar-refractivity contribution in [3.05, 3.63) is 89.2 Å². The minimum absolute atomic E-state index is 0.0532. The van der Waals surface area contributed by atoms with Crippen molar-refractivity contribution in [2.24, 2.45) is 0 Å². The van der Waals surface area contributed by atoms with E-state index in [9.17, 15) is 9.59 Å². The fraction of sp³-hybridized carbons (Fsp3) is 0.296. The molecular weight excluding hydrogens is 414 g/mol. The van der Waals surface area contributed by atoms with Crippen LogP contribution in [0.1, 0.15) is 57.5 Å². The van der Waals surface area contributed by atoms with E-state index >= 15 is 0 Å². The van der Waals surface area contributed by atoms with Crippen LogP contribution in [-0.2, 0) is 17.9 Å². The molecule has 1 aliphatic carbocycles. The molecule has 6 heteroatoms. The second kappa shape index (κ2) is 10.9. The molecule has 170 valence electrons. The Labute approximate surface area is 194 Å². The first kappa shape index (κ1) is 22.7. The van der Waals surface area contributed by atoms with Gasteiger partial charge < -0.3 is 15.4 Å². The lowest BCUT2D eigenvalue weighted by Gasteiger charge is -2.14. The van der Waals surface area contributed by atoms with E-state index in [1.54, 1.807) is 19.5 Å². The van der Waals surface area contributed by atoms with Crippen LogP contribution in [0.3, 0.4) is 0 Å². The van der Waals surface area contributed by atoms with E-state index in [1.807, 2.05) is 54.6 Å². The van der Waals surface area contributed by atoms with Crippen LogP contribution in [0.2, 0.25) is 0 Å². The van der Waals surface area contributed by atoms with E-state index < -0.39 is 0 Å². The Morgan fingerprint density at radius 3 is 2.52 bits per heavy atom. The molecule has 1 aliphatic rings. The Bertz CT molecular complexity index is 1110. The maximum Gasteiger partial charge on any atom is 0.251 e. The molecule has 1 aromatic heterocycles. The molecule has 0 saturated heterocycles. The number of hydrogen-bond acceptors (Lipinski definition) is 4. The first-order valence-electron chi connectivity index (χ1n) is 11.3. The van der Waals surface area contributed by atoms with Crippen LogP contribution < -0.4 is 10.6 Å². The van der Waals surface area contributed by atoms with Crippen molar-refractivity contribution in [1.29, 1.82) is 0 Å². The van der Waals surface area contributed by atoms with Crippen molar-refractivity contribution in [1.82, 2.24) is 15.6 Å². The highest BCUT2D eigenvalue weighted by atomic mass is 16.5. The Balaban J connectivity index is 1.46. The molecule has 2 N–H and O–H groups in total. The number of amides is 2. The molecule has 0 bridgehead atoms. The van der Waals surface area contributed by atoms with Gasteiger partial charge in [0.25, 0.3) is 11.8 Å². The molecule has 4 rings (SSSR count). The number of benzene rings is 2. The zero-order valence-electron chi connectivity index (χ0n) is 18.8. The number of rotatable bonds is 8. The van der Waals surface area contributed by atoms with Crippen LogP contribution >= 0.6 is 0 Å². The van der Waals surface area contributed by atoms with Gasteiger partial charge in [0.05, 0.1) is 6.61 Å². The third-order valence-corrected chi connectivity index (χ3v) is 6.00. The van der Waals surface area contributed by atoms with E-state index in [4.69, 9.17) is 4.74 Å². The summed E-state index contributed by atoms with van der Waals surface area (Å²) in [6.45, 7) is 0.672. The SMILES string of the molecule is COCc1ccc(-c2ccncc2)cc1C(=O)NCc1cccc(C(=O)NC2CCCC2)c1. The summed E-state index contributed by atoms with van der Waals surface area (Å²) in [6.07, 6.45) is 7.89. The first-order valence-corrected chi connectivity index (χ1v) is 11.3. The van der Waals surface area contributed by atoms with Gasteiger partial charge in [-0.15, -0.1) is 0 Å². The minimum atomic E-state index is -0.182. The summed E-state index contributed by atoms with van der Waals surface area (Å²) < 4.78 is 5.29. The maximum absolute atomic E-state index is 13.1. The van der Waals surface area contributed by atoms with Gasteiger partial charge in [0.1, 0.15) is 0 Å². The van der Waals surface area contributed by atoms with E-state index in [0.717, 1.165) is 35.1 Å². The summed E-state index contributed by atoms with van der Waals surface area (Å²) in [4.78, 5) is 29.7. The van der Waals surface area contributed by atoms with Crippen molar-refractivity contribution < 1.29 is 14.3 Å². The van der Waals surface area contributed by atoms with E-state index in [1.165, 1.54) is 12.8 Å². The summed E-state index contributed by atoms with van der Waals surface area (Å²) in [5, 5.41) is 6.11. The number of carbonyl (C=O) groups is 2. The lowest BCUT2D eigenvalue weighted by Crippen LogP contribution is -2.32. The van der Waals surface area contributed by atoms with E-state index in [2.05, 4.69) is 15.6 Å². The summed E-state index contributed by atoms with van der Waals surface area (Å²) in [5.74, 6) is -0.235. The molecule has 33 heavy (non-hydrogen) atoms. The Morgan fingerprint density at radius 2 is 1.76 bits per heavy atom. The van der Waals surface area contributed by atoms with Gasteiger partial charge in [-0.05, 0) is 65.4 Å². The summed E-state index contributed by atoms with van der Waals surface area (Å²) in [6, 6.07) is 17.3. The third-order valence-electron chi connectivity index (χ3n) is 6.00. The van der Waals surface area contributed by atoms with Crippen LogP contribution in [0.5, 0.6) is 0 Å². The highest BCUT2D eigenvalue weighted by Gasteiger charge is 2.18. The number of nitrogens with one attached hydrogen (secondary N) is 2. The number of methoxy groups -OCH3 is 1. The van der Waals surface area contributed by atoms with Crippen molar-refractivity contribution >= 4 is 11.8 Å². The molecule has 0 unspecified atom stereocenters. The van der Waals surface area contributed by atoms with Gasteiger partial charge in [-0.25, -0.2) is 0 Å². The highest BCUT2D eigenvalue weighted by molar-refractivity contribution is 5.97. The molecule has 1 saturated carbocycles. The second-order valence-corrected chi connectivity index (χ2v) is 8.38. The predicted octanol–water partition coefficient (Wildman–Crippen LogP) is 4.50. The number of aromatic nitrogens is 1. The number of ether oxygens (including phenoxy) is 1. The molecule has 3 aromatic rings. The molecule has 2 amide bonds. The number of carbonyl (C=O) groups excluding carboxylic acids is 2. The summed E-state index contributed by atoms with van der Waals surface area (Å²) in [5.41, 5.74) is 4.81. The molecular formula is C27H29N3O3. The predicted molar refractivity (Wildman–Crippen MR) is 128 cm³/mol. The van der Waals surface area contributed by atoms with Crippen LogP contribution in [0.15, 0.2) is 67.0 Å². The zero-order chi connectivity index (χ0) is 23.0. The monoisotopic (exact) mass is 443 g/mol. The molecule has 1 heterocycles. The van der Waals surface area contributed by atoms with Crippen molar-refractivity contribution in [3.8, 4) is 11.1 Å². The van der Waals surface area contributed by atoms with Crippen LogP contribution in [0, 0.1) is 0 Å². The molecule has 0 atom stereocenters. The average Bonchev–Trinajstić information content (AvgIpc) is 3.37. The van der Waals surface area contributed by atoms with Gasteiger partial charge in [-0.3, -0.25) is 14.6 Å². The number of nitrogens with zero attached hydrogens (tertiary/aromatic N) is 1. The number of pyridine rings is 1. The van der Waals surface area contributed by atoms with Gasteiger partial charge in [-0.1, -0.05) is 37.1 Å². The molecule has 0 radical (unpaired) electrons. The van der Waals surface area contributed by atoms with E-state index in [-0.39, 0.29) is 17.9 Å². The normalized spacial score (nSPS) is 13.6. The smallest absolute Gasteiger partial charge is 0.251 e. The summed E-state index contributed by atoms with van der Waals surface area (Å²) >= 11 is 0. The average molecular weight is 444 g/mol. The molecule has 6 nitrogen and oxygen atoms in total. The van der Waals surface area contributed by atoms with Crippen LogP contribution in [0.4, 0.5) is 0 Å². The highest BCUT2D eigenvalue weighted by Crippen LogP contribution is 2.23. The fourth-order valence-electron chi connectivity index (χ4n) is 4.23. The zero-order valence-corrected chi connectivity index (χ0v) is 18.8. The topological polar surface area (TPSA) is 80.3 Å². The van der Waals surface area contributed by atoms with Gasteiger partial charge in [-0.2, -0.15) is 0 Å². The standard InChI is InChI=1S/C27H29N3O3/c1-33-18-23-10-9-21(20-11-13-28-14-12-20)16-25(23)27(32)29-17-19-5-4-6-22(15-19)26(31)30-24-7-2-3-8-24/h4-6,9-16,24H,2-3,7-8,17-18H2,1H3,(H,29,32)(H,30,31). The quantitative estimate of drug-likeness (QED) is 0.537. The van der Waals surface area contributed by atoms with E-state index in [0.29, 0.717) is 24.3 Å². The Hall–Kier alpha value is -3.51. The van der Waals surface area contributed by atoms with Gasteiger partial charge in [0, 0.05) is 43.2 Å². The van der Waals surface area contributed by atoms with Crippen LogP contribution in [-0.4, -0.2) is 29.9 Å². The first-order chi connectivity index (χ1) is 16.1. The largest absolute Gasteiger partial charge is 0.380 e. The summed E-state index contributed by atoms with van der Waals surface area (Å²) in [7, 11) is 1.61. The van der Waals surface area contributed by atoms with Gasteiger partial charge in [0.15, 0.2) is 0 Å². The van der Waals surface area contributed by atoms with Crippen molar-refractivity contribution in [2.75, 3.05) is 7.11 Å². The van der Waals surface area contributed by atoms with Gasteiger partial charge in [0.2, 0.25) is 0 Å². The minimum Gasteiger partial charge on any atom is -0.380 e. The maximum atomic E-state index is 13.1.